The van der Waals surface area contributed by atoms with Gasteiger partial charge in [-0.1, -0.05) is 17.7 Å². The molecular formula is C19H26N2O4S. The fourth-order valence-electron chi connectivity index (χ4n) is 3.40. The summed E-state index contributed by atoms with van der Waals surface area (Å²) in [5.41, 5.74) is 2.81. The molecule has 1 unspecified atom stereocenters. The van der Waals surface area contributed by atoms with Gasteiger partial charge in [-0.25, -0.2) is 8.42 Å². The molecule has 1 N–H and O–H groups in total. The third-order valence-corrected chi connectivity index (χ3v) is 5.95. The van der Waals surface area contributed by atoms with Crippen molar-refractivity contribution in [2.45, 2.75) is 45.1 Å². The quantitative estimate of drug-likeness (QED) is 0.799. The van der Waals surface area contributed by atoms with Crippen molar-refractivity contribution in [3.05, 3.63) is 35.4 Å². The van der Waals surface area contributed by atoms with Gasteiger partial charge in [-0.3, -0.25) is 9.10 Å². The number of carbonyl (C=O) groups is 1. The van der Waals surface area contributed by atoms with Gasteiger partial charge in [0.2, 0.25) is 10.0 Å². The number of aryl methyl sites for hydroxylation is 1. The number of sulfonamides is 1. The lowest BCUT2D eigenvalue weighted by atomic mass is 9.97. The predicted octanol–water partition coefficient (Wildman–Crippen LogP) is 2.53. The number of anilines is 1. The van der Waals surface area contributed by atoms with Crippen molar-refractivity contribution in [3.8, 4) is 5.75 Å². The molecule has 1 aliphatic heterocycles. The Balaban J connectivity index is 1.67. The minimum Gasteiger partial charge on any atom is -0.476 e. The molecule has 1 aromatic carbocycles. The minimum absolute atomic E-state index is 0.0101. The predicted molar refractivity (Wildman–Crippen MR) is 102 cm³/mol. The third-order valence-electron chi connectivity index (χ3n) is 4.81. The van der Waals surface area contributed by atoms with Crippen LogP contribution < -0.4 is 14.4 Å². The highest BCUT2D eigenvalue weighted by Gasteiger charge is 2.34. The van der Waals surface area contributed by atoms with E-state index in [-0.39, 0.29) is 12.5 Å². The van der Waals surface area contributed by atoms with Crippen LogP contribution in [0.3, 0.4) is 0 Å². The topological polar surface area (TPSA) is 75.7 Å². The van der Waals surface area contributed by atoms with Gasteiger partial charge in [0.05, 0.1) is 18.5 Å². The number of nitrogens with one attached hydrogen (secondary N) is 1. The molecule has 7 heteroatoms. The van der Waals surface area contributed by atoms with Crippen molar-refractivity contribution in [2.24, 2.45) is 0 Å². The Labute approximate surface area is 155 Å². The van der Waals surface area contributed by atoms with Crippen LogP contribution in [0.1, 0.15) is 37.7 Å². The smallest absolute Gasteiger partial charge is 0.263 e. The van der Waals surface area contributed by atoms with E-state index in [2.05, 4.69) is 11.4 Å². The fraction of sp³-hybridized carbons (Fsp3) is 0.526. The molecule has 3 rings (SSSR count). The number of carbonyl (C=O) groups excluding carboxylic acids is 1. The van der Waals surface area contributed by atoms with Gasteiger partial charge in [0.25, 0.3) is 5.91 Å². The van der Waals surface area contributed by atoms with E-state index in [1.54, 1.807) is 12.1 Å². The molecule has 142 valence electrons. The van der Waals surface area contributed by atoms with Crippen molar-refractivity contribution in [3.63, 3.8) is 0 Å². The van der Waals surface area contributed by atoms with Crippen molar-refractivity contribution in [2.75, 3.05) is 23.7 Å². The molecule has 1 aromatic rings. The van der Waals surface area contributed by atoms with Gasteiger partial charge < -0.3 is 10.1 Å². The maximum Gasteiger partial charge on any atom is 0.263 e. The van der Waals surface area contributed by atoms with Crippen LogP contribution in [-0.2, 0) is 14.8 Å². The van der Waals surface area contributed by atoms with E-state index in [1.165, 1.54) is 22.7 Å². The Bertz CT molecular complexity index is 817. The van der Waals surface area contributed by atoms with Crippen LogP contribution >= 0.6 is 0 Å². The molecule has 26 heavy (non-hydrogen) atoms. The first-order valence-electron chi connectivity index (χ1n) is 9.05. The van der Waals surface area contributed by atoms with E-state index < -0.39 is 16.1 Å². The van der Waals surface area contributed by atoms with Gasteiger partial charge in [0.1, 0.15) is 5.75 Å². The zero-order valence-corrected chi connectivity index (χ0v) is 16.1. The molecule has 2 aliphatic rings. The maximum absolute atomic E-state index is 12.5. The summed E-state index contributed by atoms with van der Waals surface area (Å²) in [5, 5.41) is 2.89. The standard InChI is InChI=1S/C19H26N2O4S/c1-14-8-9-17-16(12-14)21(26(2,23)24)13-18(25-17)19(22)20-11-10-15-6-4-3-5-7-15/h6,8-9,12,18H,3-5,7,10-11,13H2,1-2H3,(H,20,22). The molecule has 6 nitrogen and oxygen atoms in total. The first-order valence-corrected chi connectivity index (χ1v) is 10.9. The number of benzene rings is 1. The van der Waals surface area contributed by atoms with E-state index >= 15 is 0 Å². The van der Waals surface area contributed by atoms with Gasteiger partial charge in [-0.05, 0) is 56.7 Å². The maximum atomic E-state index is 12.5. The summed E-state index contributed by atoms with van der Waals surface area (Å²) < 4.78 is 31.4. The van der Waals surface area contributed by atoms with Gasteiger partial charge >= 0.3 is 0 Å². The number of hydrogen-bond acceptors (Lipinski definition) is 4. The molecular weight excluding hydrogens is 352 g/mol. The summed E-state index contributed by atoms with van der Waals surface area (Å²) in [6.45, 7) is 2.42. The first kappa shape index (κ1) is 18.8. The second-order valence-electron chi connectivity index (χ2n) is 7.02. The van der Waals surface area contributed by atoms with Crippen molar-refractivity contribution < 1.29 is 17.9 Å². The number of ether oxygens (including phenoxy) is 1. The molecule has 0 saturated carbocycles. The molecule has 1 aliphatic carbocycles. The van der Waals surface area contributed by atoms with Crippen LogP contribution in [0.4, 0.5) is 5.69 Å². The SMILES string of the molecule is Cc1ccc2c(c1)N(S(C)(=O)=O)CC(C(=O)NCCC1=CCCCC1)O2. The van der Waals surface area contributed by atoms with E-state index in [0.717, 1.165) is 31.1 Å². The molecule has 1 heterocycles. The molecule has 0 fully saturated rings. The fourth-order valence-corrected chi connectivity index (χ4v) is 4.31. The largest absolute Gasteiger partial charge is 0.476 e. The Morgan fingerprint density at radius 1 is 1.35 bits per heavy atom. The van der Waals surface area contributed by atoms with E-state index in [0.29, 0.717) is 18.0 Å². The number of hydrogen-bond donors (Lipinski definition) is 1. The molecule has 0 aromatic heterocycles. The van der Waals surface area contributed by atoms with Crippen LogP contribution in [0.2, 0.25) is 0 Å². The Morgan fingerprint density at radius 3 is 2.85 bits per heavy atom. The summed E-state index contributed by atoms with van der Waals surface area (Å²) >= 11 is 0. The molecule has 0 bridgehead atoms. The van der Waals surface area contributed by atoms with Gasteiger partial charge in [0.15, 0.2) is 6.10 Å². The monoisotopic (exact) mass is 378 g/mol. The molecule has 1 amide bonds. The lowest BCUT2D eigenvalue weighted by molar-refractivity contribution is -0.127. The number of fused-ring (bicyclic) bond motifs is 1. The summed E-state index contributed by atoms with van der Waals surface area (Å²) in [5.74, 6) is 0.142. The van der Waals surface area contributed by atoms with Crippen LogP contribution in [-0.4, -0.2) is 39.8 Å². The lowest BCUT2D eigenvalue weighted by Gasteiger charge is -2.34. The van der Waals surface area contributed by atoms with Gasteiger partial charge in [-0.2, -0.15) is 0 Å². The zero-order valence-electron chi connectivity index (χ0n) is 15.3. The number of allylic oxidation sites excluding steroid dienone is 1. The van der Waals surface area contributed by atoms with E-state index in [9.17, 15) is 13.2 Å². The number of nitrogens with zero attached hydrogens (tertiary/aromatic N) is 1. The highest BCUT2D eigenvalue weighted by molar-refractivity contribution is 7.92. The van der Waals surface area contributed by atoms with Crippen molar-refractivity contribution >= 4 is 21.6 Å². The van der Waals surface area contributed by atoms with Gasteiger partial charge in [-0.15, -0.1) is 0 Å². The van der Waals surface area contributed by atoms with Crippen LogP contribution in [0.15, 0.2) is 29.8 Å². The Kier molecular flexibility index (Phi) is 5.55. The van der Waals surface area contributed by atoms with E-state index in [1.807, 2.05) is 13.0 Å². The summed E-state index contributed by atoms with van der Waals surface area (Å²) in [6, 6.07) is 5.32. The molecule has 1 atom stereocenters. The first-order chi connectivity index (χ1) is 12.3. The zero-order chi connectivity index (χ0) is 18.7. The van der Waals surface area contributed by atoms with Crippen LogP contribution in [0.25, 0.3) is 0 Å². The van der Waals surface area contributed by atoms with Crippen LogP contribution in [0, 0.1) is 6.92 Å². The second-order valence-corrected chi connectivity index (χ2v) is 8.93. The van der Waals surface area contributed by atoms with Gasteiger partial charge in [0, 0.05) is 6.54 Å². The molecule has 0 radical (unpaired) electrons. The second kappa shape index (κ2) is 7.70. The third kappa shape index (κ3) is 4.38. The summed E-state index contributed by atoms with van der Waals surface area (Å²) in [6.07, 6.45) is 8.08. The number of rotatable bonds is 5. The normalized spacial score (nSPS) is 20.0. The molecule has 0 spiro atoms. The highest BCUT2D eigenvalue weighted by atomic mass is 32.2. The Morgan fingerprint density at radius 2 is 2.15 bits per heavy atom. The average Bonchev–Trinajstić information content (AvgIpc) is 2.60. The number of amides is 1. The lowest BCUT2D eigenvalue weighted by Crippen LogP contribution is -2.50. The average molecular weight is 378 g/mol. The minimum atomic E-state index is -3.50. The Hall–Kier alpha value is -2.02. The van der Waals surface area contributed by atoms with Crippen LogP contribution in [0.5, 0.6) is 5.75 Å². The van der Waals surface area contributed by atoms with E-state index in [4.69, 9.17) is 4.74 Å². The molecule has 0 saturated heterocycles. The summed E-state index contributed by atoms with van der Waals surface area (Å²) in [4.78, 5) is 12.5. The highest BCUT2D eigenvalue weighted by Crippen LogP contribution is 2.35. The van der Waals surface area contributed by atoms with Crippen molar-refractivity contribution in [1.82, 2.24) is 5.32 Å². The van der Waals surface area contributed by atoms with Crippen molar-refractivity contribution in [1.29, 1.82) is 0 Å². The summed E-state index contributed by atoms with van der Waals surface area (Å²) in [7, 11) is -3.50.